The molecule has 0 aliphatic carbocycles. The molecule has 0 aliphatic heterocycles. The Bertz CT molecular complexity index is 719. The van der Waals surface area contributed by atoms with Gasteiger partial charge in [0.1, 0.15) is 0 Å². The highest BCUT2D eigenvalue weighted by Crippen LogP contribution is 2.21. The topological polar surface area (TPSA) is 59.2 Å². The van der Waals surface area contributed by atoms with Gasteiger partial charge in [0, 0.05) is 32.7 Å². The monoisotopic (exact) mass is 274 g/mol. The van der Waals surface area contributed by atoms with Gasteiger partial charge in [-0.15, -0.1) is 10.2 Å². The molecule has 6 nitrogen and oxygen atoms in total. The van der Waals surface area contributed by atoms with Crippen LogP contribution in [0.15, 0.2) is 30.7 Å². The summed E-state index contributed by atoms with van der Waals surface area (Å²) in [5.74, 6) is 1.32. The summed E-state index contributed by atoms with van der Waals surface area (Å²) in [6, 6.07) is 3.62. The molecule has 0 aromatic carbocycles. The summed E-state index contributed by atoms with van der Waals surface area (Å²) in [5, 5.41) is 8.77. The third-order valence-electron chi connectivity index (χ3n) is 2.68. The Hall–Kier alpha value is -2.21. The normalized spacial score (nSPS) is 10.9. The van der Waals surface area contributed by atoms with Crippen molar-refractivity contribution in [3.8, 4) is 11.4 Å². The summed E-state index contributed by atoms with van der Waals surface area (Å²) in [7, 11) is 3.78. The van der Waals surface area contributed by atoms with Crippen molar-refractivity contribution < 1.29 is 0 Å². The highest BCUT2D eigenvalue weighted by Gasteiger charge is 2.11. The summed E-state index contributed by atoms with van der Waals surface area (Å²) in [6.45, 7) is 0. The molecule has 96 valence electrons. The van der Waals surface area contributed by atoms with Gasteiger partial charge in [-0.25, -0.2) is 9.97 Å². The van der Waals surface area contributed by atoms with Gasteiger partial charge in [0.25, 0.3) is 0 Å². The van der Waals surface area contributed by atoms with E-state index in [1.807, 2.05) is 35.7 Å². The van der Waals surface area contributed by atoms with E-state index in [9.17, 15) is 0 Å². The predicted octanol–water partition coefficient (Wildman–Crippen LogP) is 1.91. The van der Waals surface area contributed by atoms with Gasteiger partial charge in [-0.1, -0.05) is 11.6 Å². The van der Waals surface area contributed by atoms with Crippen LogP contribution in [-0.4, -0.2) is 38.7 Å². The Morgan fingerprint density at radius 1 is 1.16 bits per heavy atom. The van der Waals surface area contributed by atoms with Crippen molar-refractivity contribution in [2.75, 3.05) is 19.0 Å². The van der Waals surface area contributed by atoms with Gasteiger partial charge < -0.3 is 4.90 Å². The number of anilines is 1. The Morgan fingerprint density at radius 3 is 2.58 bits per heavy atom. The highest BCUT2D eigenvalue weighted by atomic mass is 35.5. The Labute approximate surface area is 114 Å². The largest absolute Gasteiger partial charge is 0.347 e. The summed E-state index contributed by atoms with van der Waals surface area (Å²) < 4.78 is 1.82. The molecular weight excluding hydrogens is 264 g/mol. The molecule has 0 spiro atoms. The van der Waals surface area contributed by atoms with E-state index in [0.29, 0.717) is 22.4 Å². The van der Waals surface area contributed by atoms with Crippen molar-refractivity contribution >= 4 is 23.2 Å². The maximum Gasteiger partial charge on any atom is 0.224 e. The third kappa shape index (κ3) is 2.00. The summed E-state index contributed by atoms with van der Waals surface area (Å²) in [5.41, 5.74) is 1.41. The molecule has 7 heteroatoms. The third-order valence-corrected chi connectivity index (χ3v) is 2.98. The minimum absolute atomic E-state index is 0.562. The Balaban J connectivity index is 2.11. The Kier molecular flexibility index (Phi) is 2.79. The van der Waals surface area contributed by atoms with Crippen LogP contribution >= 0.6 is 11.6 Å². The lowest BCUT2D eigenvalue weighted by molar-refractivity contribution is 0.993. The zero-order valence-corrected chi connectivity index (χ0v) is 11.2. The zero-order valence-electron chi connectivity index (χ0n) is 10.4. The van der Waals surface area contributed by atoms with Crippen molar-refractivity contribution in [2.24, 2.45) is 0 Å². The molecule has 0 saturated carbocycles. The number of hydrogen-bond acceptors (Lipinski definition) is 5. The van der Waals surface area contributed by atoms with E-state index in [0.717, 1.165) is 5.56 Å². The molecule has 0 radical (unpaired) electrons. The molecule has 3 rings (SSSR count). The summed E-state index contributed by atoms with van der Waals surface area (Å²) in [6.07, 6.45) is 5.30. The van der Waals surface area contributed by atoms with Crippen molar-refractivity contribution in [3.05, 3.63) is 35.7 Å². The number of rotatable bonds is 2. The maximum absolute atomic E-state index is 6.06. The first-order chi connectivity index (χ1) is 9.16. The lowest BCUT2D eigenvalue weighted by Crippen LogP contribution is -2.12. The van der Waals surface area contributed by atoms with Crippen LogP contribution in [0.4, 0.5) is 5.95 Å². The van der Waals surface area contributed by atoms with Gasteiger partial charge in [-0.2, -0.15) is 0 Å². The second-order valence-electron chi connectivity index (χ2n) is 4.24. The minimum Gasteiger partial charge on any atom is -0.347 e. The maximum atomic E-state index is 6.06. The molecule has 3 aromatic rings. The molecule has 0 unspecified atom stereocenters. The summed E-state index contributed by atoms with van der Waals surface area (Å²) in [4.78, 5) is 10.4. The first-order valence-corrected chi connectivity index (χ1v) is 6.03. The van der Waals surface area contributed by atoms with Crippen LogP contribution in [0.3, 0.4) is 0 Å². The fourth-order valence-corrected chi connectivity index (χ4v) is 1.95. The van der Waals surface area contributed by atoms with Crippen LogP contribution in [-0.2, 0) is 0 Å². The van der Waals surface area contributed by atoms with Crippen LogP contribution in [0, 0.1) is 0 Å². The summed E-state index contributed by atoms with van der Waals surface area (Å²) >= 11 is 6.06. The van der Waals surface area contributed by atoms with E-state index in [4.69, 9.17) is 11.6 Å². The molecule has 3 heterocycles. The fourth-order valence-electron chi connectivity index (χ4n) is 1.75. The van der Waals surface area contributed by atoms with Crippen molar-refractivity contribution in [3.63, 3.8) is 0 Å². The smallest absolute Gasteiger partial charge is 0.224 e. The van der Waals surface area contributed by atoms with Gasteiger partial charge in [0.05, 0.1) is 10.6 Å². The van der Waals surface area contributed by atoms with Crippen molar-refractivity contribution in [1.29, 1.82) is 0 Å². The van der Waals surface area contributed by atoms with Crippen LogP contribution in [0.5, 0.6) is 0 Å². The van der Waals surface area contributed by atoms with Crippen LogP contribution in [0.2, 0.25) is 5.02 Å². The van der Waals surface area contributed by atoms with Crippen LogP contribution in [0.1, 0.15) is 0 Å². The molecule has 0 fully saturated rings. The minimum atomic E-state index is 0.562. The number of nitrogens with zero attached hydrogens (tertiary/aromatic N) is 6. The zero-order chi connectivity index (χ0) is 13.4. The van der Waals surface area contributed by atoms with Crippen molar-refractivity contribution in [1.82, 2.24) is 24.6 Å². The SMILES string of the molecule is CN(C)c1ncc(-c2nnc3c(Cl)cccn23)cn1. The first kappa shape index (κ1) is 11.9. The lowest BCUT2D eigenvalue weighted by Gasteiger charge is -2.09. The van der Waals surface area contributed by atoms with Crippen LogP contribution in [0.25, 0.3) is 17.0 Å². The molecule has 0 N–H and O–H groups in total. The van der Waals surface area contributed by atoms with Crippen LogP contribution < -0.4 is 4.90 Å². The molecule has 0 atom stereocenters. The second kappa shape index (κ2) is 4.47. The lowest BCUT2D eigenvalue weighted by atomic mass is 10.3. The Morgan fingerprint density at radius 2 is 1.89 bits per heavy atom. The number of aromatic nitrogens is 5. The van der Waals surface area contributed by atoms with Gasteiger partial charge in [0.15, 0.2) is 11.5 Å². The number of fused-ring (bicyclic) bond motifs is 1. The van der Waals surface area contributed by atoms with Crippen molar-refractivity contribution in [2.45, 2.75) is 0 Å². The second-order valence-corrected chi connectivity index (χ2v) is 4.65. The van der Waals surface area contributed by atoms with Gasteiger partial charge in [-0.3, -0.25) is 4.40 Å². The van der Waals surface area contributed by atoms with Gasteiger partial charge in [-0.05, 0) is 12.1 Å². The molecule has 0 amide bonds. The molecule has 0 bridgehead atoms. The predicted molar refractivity (Wildman–Crippen MR) is 73.4 cm³/mol. The molecule has 19 heavy (non-hydrogen) atoms. The van der Waals surface area contributed by atoms with Gasteiger partial charge >= 0.3 is 0 Å². The van der Waals surface area contributed by atoms with E-state index in [2.05, 4.69) is 20.2 Å². The molecule has 3 aromatic heterocycles. The standard InChI is InChI=1S/C12H11ClN6/c1-18(2)12-14-6-8(7-15-12)10-16-17-11-9(13)4-3-5-19(10)11/h3-7H,1-2H3. The van der Waals surface area contributed by atoms with E-state index >= 15 is 0 Å². The quantitative estimate of drug-likeness (QED) is 0.714. The molecular formula is C12H11ClN6. The number of pyridine rings is 1. The van der Waals surface area contributed by atoms with Gasteiger partial charge in [0.2, 0.25) is 5.95 Å². The van der Waals surface area contributed by atoms with E-state index in [1.54, 1.807) is 18.5 Å². The van der Waals surface area contributed by atoms with E-state index < -0.39 is 0 Å². The highest BCUT2D eigenvalue weighted by molar-refractivity contribution is 6.33. The molecule has 0 saturated heterocycles. The average molecular weight is 275 g/mol. The van der Waals surface area contributed by atoms with E-state index in [-0.39, 0.29) is 0 Å². The first-order valence-electron chi connectivity index (χ1n) is 5.66. The van der Waals surface area contributed by atoms with E-state index in [1.165, 1.54) is 0 Å². The number of hydrogen-bond donors (Lipinski definition) is 0. The number of halogens is 1. The average Bonchev–Trinajstić information content (AvgIpc) is 2.84. The fraction of sp³-hybridized carbons (Fsp3) is 0.167. The molecule has 0 aliphatic rings.